The van der Waals surface area contributed by atoms with E-state index in [4.69, 9.17) is 4.52 Å². The smallest absolute Gasteiger partial charge is 0.294 e. The van der Waals surface area contributed by atoms with Crippen LogP contribution in [-0.4, -0.2) is 31.9 Å². The third kappa shape index (κ3) is 5.23. The van der Waals surface area contributed by atoms with Crippen molar-refractivity contribution >= 4 is 27.5 Å². The van der Waals surface area contributed by atoms with Crippen LogP contribution in [0.3, 0.4) is 0 Å². The van der Waals surface area contributed by atoms with Crippen LogP contribution in [-0.2, 0) is 10.0 Å². The Morgan fingerprint density at radius 3 is 2.66 bits per heavy atom. The first-order chi connectivity index (χ1) is 15.4. The van der Waals surface area contributed by atoms with Gasteiger partial charge in [-0.05, 0) is 38.0 Å². The molecule has 3 aromatic rings. The zero-order valence-electron chi connectivity index (χ0n) is 17.7. The van der Waals surface area contributed by atoms with E-state index in [9.17, 15) is 13.2 Å². The van der Waals surface area contributed by atoms with E-state index < -0.39 is 15.9 Å². The SMILES string of the molecule is Cc1ccc(-c2cc(C(=O)Nc3cccc(S(=O)(=O)NC4=NCCCCC4)c3)on2)cc1. The van der Waals surface area contributed by atoms with E-state index >= 15 is 0 Å². The Morgan fingerprint density at radius 2 is 1.84 bits per heavy atom. The number of carbonyl (C=O) groups excluding carboxylic acids is 1. The number of hydrogen-bond acceptors (Lipinski definition) is 6. The van der Waals surface area contributed by atoms with E-state index in [1.165, 1.54) is 12.1 Å². The molecule has 2 aromatic carbocycles. The fraction of sp³-hybridized carbons (Fsp3) is 0.261. The Hall–Kier alpha value is -3.46. The van der Waals surface area contributed by atoms with Crippen molar-refractivity contribution in [3.8, 4) is 11.3 Å². The standard InChI is InChI=1S/C23H24N4O4S/c1-16-9-11-17(12-10-16)20-15-21(31-26-20)23(28)25-18-6-5-7-19(14-18)32(29,30)27-22-8-3-2-4-13-24-22/h5-7,9-12,14-15H,2-4,8,13H2,1H3,(H,24,27)(H,25,28). The summed E-state index contributed by atoms with van der Waals surface area (Å²) in [6.07, 6.45) is 3.49. The van der Waals surface area contributed by atoms with Crippen molar-refractivity contribution in [2.45, 2.75) is 37.5 Å². The number of aromatic nitrogens is 1. The van der Waals surface area contributed by atoms with Crippen molar-refractivity contribution in [2.75, 3.05) is 11.9 Å². The van der Waals surface area contributed by atoms with Gasteiger partial charge in [0.1, 0.15) is 11.5 Å². The first kappa shape index (κ1) is 21.8. The van der Waals surface area contributed by atoms with Gasteiger partial charge in [-0.2, -0.15) is 0 Å². The van der Waals surface area contributed by atoms with Crippen LogP contribution < -0.4 is 10.0 Å². The monoisotopic (exact) mass is 452 g/mol. The summed E-state index contributed by atoms with van der Waals surface area (Å²) in [6.45, 7) is 2.61. The van der Waals surface area contributed by atoms with Crippen LogP contribution in [0.2, 0.25) is 0 Å². The molecule has 0 saturated heterocycles. The number of nitrogens with one attached hydrogen (secondary N) is 2. The summed E-state index contributed by atoms with van der Waals surface area (Å²) in [6, 6.07) is 15.3. The lowest BCUT2D eigenvalue weighted by molar-refractivity contribution is 0.0988. The average Bonchev–Trinajstić information content (AvgIpc) is 3.14. The molecular weight excluding hydrogens is 428 g/mol. The summed E-state index contributed by atoms with van der Waals surface area (Å²) in [5.74, 6) is -0.0199. The minimum Gasteiger partial charge on any atom is -0.350 e. The number of aryl methyl sites for hydroxylation is 1. The topological polar surface area (TPSA) is 114 Å². The first-order valence-electron chi connectivity index (χ1n) is 10.4. The van der Waals surface area contributed by atoms with E-state index in [-0.39, 0.29) is 10.7 Å². The van der Waals surface area contributed by atoms with Gasteiger partial charge in [0.15, 0.2) is 0 Å². The van der Waals surface area contributed by atoms with Crippen LogP contribution in [0.15, 0.2) is 69.0 Å². The number of sulfonamides is 1. The molecule has 0 bridgehead atoms. The van der Waals surface area contributed by atoms with Crippen LogP contribution in [0, 0.1) is 6.92 Å². The Balaban J connectivity index is 1.47. The average molecular weight is 453 g/mol. The maximum absolute atomic E-state index is 12.8. The Labute approximate surface area is 186 Å². The van der Waals surface area contributed by atoms with Crippen LogP contribution in [0.25, 0.3) is 11.3 Å². The predicted octanol–water partition coefficient (Wildman–Crippen LogP) is 4.15. The number of amidine groups is 1. The maximum atomic E-state index is 12.8. The van der Waals surface area contributed by atoms with Crippen LogP contribution in [0.4, 0.5) is 5.69 Å². The molecule has 2 N–H and O–H groups in total. The number of hydrogen-bond donors (Lipinski definition) is 2. The van der Waals surface area contributed by atoms with E-state index in [1.54, 1.807) is 18.2 Å². The summed E-state index contributed by atoms with van der Waals surface area (Å²) < 4.78 is 33.3. The summed E-state index contributed by atoms with van der Waals surface area (Å²) in [5, 5.41) is 6.62. The van der Waals surface area contributed by atoms with Gasteiger partial charge in [-0.15, -0.1) is 0 Å². The molecule has 2 heterocycles. The molecule has 1 aliphatic heterocycles. The van der Waals surface area contributed by atoms with Gasteiger partial charge in [0.2, 0.25) is 5.76 Å². The predicted molar refractivity (Wildman–Crippen MR) is 122 cm³/mol. The van der Waals surface area contributed by atoms with Crippen molar-refractivity contribution in [1.82, 2.24) is 9.88 Å². The maximum Gasteiger partial charge on any atom is 0.294 e. The van der Waals surface area contributed by atoms with E-state index in [1.807, 2.05) is 31.2 Å². The molecule has 0 fully saturated rings. The van der Waals surface area contributed by atoms with Gasteiger partial charge in [-0.3, -0.25) is 14.5 Å². The molecule has 0 aliphatic carbocycles. The Morgan fingerprint density at radius 1 is 1.03 bits per heavy atom. The van der Waals surface area contributed by atoms with Gasteiger partial charge < -0.3 is 9.84 Å². The number of amides is 1. The highest BCUT2D eigenvalue weighted by atomic mass is 32.2. The molecule has 9 heteroatoms. The normalized spacial score (nSPS) is 14.3. The number of nitrogens with zero attached hydrogens (tertiary/aromatic N) is 2. The molecule has 32 heavy (non-hydrogen) atoms. The fourth-order valence-electron chi connectivity index (χ4n) is 3.35. The zero-order chi connectivity index (χ0) is 22.6. The number of aliphatic imine (C=N–C) groups is 1. The van der Waals surface area contributed by atoms with Crippen LogP contribution in [0.1, 0.15) is 41.8 Å². The van der Waals surface area contributed by atoms with Gasteiger partial charge in [0.05, 0.1) is 4.90 Å². The molecule has 0 spiro atoms. The summed E-state index contributed by atoms with van der Waals surface area (Å²) >= 11 is 0. The Bertz CT molecular complexity index is 1250. The van der Waals surface area contributed by atoms with Crippen LogP contribution >= 0.6 is 0 Å². The van der Waals surface area contributed by atoms with Crippen molar-refractivity contribution < 1.29 is 17.7 Å². The fourth-order valence-corrected chi connectivity index (χ4v) is 4.48. The second-order valence-corrected chi connectivity index (χ2v) is 9.35. The van der Waals surface area contributed by atoms with E-state index in [0.717, 1.165) is 30.4 Å². The zero-order valence-corrected chi connectivity index (χ0v) is 18.5. The molecular formula is C23H24N4O4S. The molecule has 4 rings (SSSR count). The first-order valence-corrected chi connectivity index (χ1v) is 11.9. The van der Waals surface area contributed by atoms with E-state index in [0.29, 0.717) is 30.2 Å². The lowest BCUT2D eigenvalue weighted by atomic mass is 10.1. The lowest BCUT2D eigenvalue weighted by Gasteiger charge is -2.11. The quantitative estimate of drug-likeness (QED) is 0.604. The van der Waals surface area contributed by atoms with Gasteiger partial charge in [0, 0.05) is 30.3 Å². The van der Waals surface area contributed by atoms with Crippen molar-refractivity contribution in [2.24, 2.45) is 4.99 Å². The lowest BCUT2D eigenvalue weighted by Crippen LogP contribution is -2.30. The summed E-state index contributed by atoms with van der Waals surface area (Å²) in [4.78, 5) is 17.0. The highest BCUT2D eigenvalue weighted by Gasteiger charge is 2.19. The van der Waals surface area contributed by atoms with Crippen molar-refractivity contribution in [1.29, 1.82) is 0 Å². The highest BCUT2D eigenvalue weighted by molar-refractivity contribution is 7.90. The molecule has 1 aromatic heterocycles. The largest absolute Gasteiger partial charge is 0.350 e. The number of rotatable bonds is 5. The Kier molecular flexibility index (Phi) is 6.36. The molecule has 0 atom stereocenters. The number of anilines is 1. The summed E-state index contributed by atoms with van der Waals surface area (Å²) in [5.41, 5.74) is 2.82. The third-order valence-electron chi connectivity index (χ3n) is 5.11. The molecule has 166 valence electrons. The van der Waals surface area contributed by atoms with Gasteiger partial charge in [-0.25, -0.2) is 8.42 Å². The third-order valence-corrected chi connectivity index (χ3v) is 6.49. The minimum atomic E-state index is -3.80. The summed E-state index contributed by atoms with van der Waals surface area (Å²) in [7, 11) is -3.80. The molecule has 1 amide bonds. The molecule has 8 nitrogen and oxygen atoms in total. The molecule has 0 saturated carbocycles. The van der Waals surface area contributed by atoms with Crippen molar-refractivity contribution in [3.05, 3.63) is 65.9 Å². The van der Waals surface area contributed by atoms with Gasteiger partial charge in [-0.1, -0.05) is 47.5 Å². The molecule has 0 radical (unpaired) electrons. The van der Waals surface area contributed by atoms with Crippen LogP contribution in [0.5, 0.6) is 0 Å². The number of benzene rings is 2. The highest BCUT2D eigenvalue weighted by Crippen LogP contribution is 2.21. The van der Waals surface area contributed by atoms with E-state index in [2.05, 4.69) is 20.2 Å². The van der Waals surface area contributed by atoms with Gasteiger partial charge >= 0.3 is 0 Å². The van der Waals surface area contributed by atoms with Crippen molar-refractivity contribution in [3.63, 3.8) is 0 Å². The number of carbonyl (C=O) groups is 1. The second kappa shape index (κ2) is 9.35. The minimum absolute atomic E-state index is 0.0276. The molecule has 0 unspecified atom stereocenters. The molecule has 1 aliphatic rings. The second-order valence-electron chi connectivity index (χ2n) is 7.67. The van der Waals surface area contributed by atoms with Gasteiger partial charge in [0.25, 0.3) is 15.9 Å².